The van der Waals surface area contributed by atoms with Crippen molar-refractivity contribution in [3.05, 3.63) is 35.9 Å². The Bertz CT molecular complexity index is 337. The number of carboxylic acid groups (broad SMARTS) is 1. The number of carboxylic acids is 1. The molecule has 0 aliphatic rings. The Hall–Kier alpha value is -1.35. The van der Waals surface area contributed by atoms with Gasteiger partial charge in [0, 0.05) is 12.5 Å². The minimum absolute atomic E-state index is 0.248. The van der Waals surface area contributed by atoms with Gasteiger partial charge in [0.25, 0.3) is 0 Å². The highest BCUT2D eigenvalue weighted by Gasteiger charge is 2.13. The molecule has 3 nitrogen and oxygen atoms in total. The van der Waals surface area contributed by atoms with E-state index in [1.54, 1.807) is 0 Å². The highest BCUT2D eigenvalue weighted by atomic mass is 16.4. The maximum atomic E-state index is 10.5. The lowest BCUT2D eigenvalue weighted by Crippen LogP contribution is -2.28. The van der Waals surface area contributed by atoms with E-state index in [0.29, 0.717) is 12.5 Å². The SMILES string of the molecule is CCN(CCCC(=O)O)[C@@H](C)c1ccccc1. The van der Waals surface area contributed by atoms with Crippen LogP contribution in [0.4, 0.5) is 0 Å². The van der Waals surface area contributed by atoms with E-state index < -0.39 is 5.97 Å². The lowest BCUT2D eigenvalue weighted by atomic mass is 10.1. The standard InChI is InChI=1S/C14H21NO2/c1-3-15(11-7-10-14(16)17)12(2)13-8-5-4-6-9-13/h4-6,8-9,12H,3,7,10-11H2,1-2H3,(H,16,17)/t12-/m0/s1. The van der Waals surface area contributed by atoms with Crippen molar-refractivity contribution in [2.24, 2.45) is 0 Å². The predicted octanol–water partition coefficient (Wildman–Crippen LogP) is 2.93. The van der Waals surface area contributed by atoms with Crippen molar-refractivity contribution in [2.75, 3.05) is 13.1 Å². The van der Waals surface area contributed by atoms with Gasteiger partial charge >= 0.3 is 5.97 Å². The summed E-state index contributed by atoms with van der Waals surface area (Å²) in [5.74, 6) is -0.714. The monoisotopic (exact) mass is 235 g/mol. The molecule has 1 N–H and O–H groups in total. The van der Waals surface area contributed by atoms with Gasteiger partial charge in [0.1, 0.15) is 0 Å². The van der Waals surface area contributed by atoms with Crippen molar-refractivity contribution < 1.29 is 9.90 Å². The van der Waals surface area contributed by atoms with E-state index in [9.17, 15) is 4.79 Å². The summed E-state index contributed by atoms with van der Waals surface area (Å²) in [5.41, 5.74) is 1.28. The number of carbonyl (C=O) groups is 1. The van der Waals surface area contributed by atoms with Gasteiger partial charge in [0.2, 0.25) is 0 Å². The van der Waals surface area contributed by atoms with E-state index in [0.717, 1.165) is 13.1 Å². The van der Waals surface area contributed by atoms with E-state index in [1.807, 2.05) is 18.2 Å². The maximum absolute atomic E-state index is 10.5. The number of hydrogen-bond donors (Lipinski definition) is 1. The van der Waals surface area contributed by atoms with E-state index in [2.05, 4.69) is 30.9 Å². The second kappa shape index (κ2) is 7.07. The highest BCUT2D eigenvalue weighted by Crippen LogP contribution is 2.19. The minimum atomic E-state index is -0.714. The zero-order valence-electron chi connectivity index (χ0n) is 10.6. The van der Waals surface area contributed by atoms with Gasteiger partial charge in [0.15, 0.2) is 0 Å². The maximum Gasteiger partial charge on any atom is 0.303 e. The second-order valence-corrected chi connectivity index (χ2v) is 4.21. The summed E-state index contributed by atoms with van der Waals surface area (Å²) in [6.07, 6.45) is 0.957. The second-order valence-electron chi connectivity index (χ2n) is 4.21. The summed E-state index contributed by atoms with van der Waals surface area (Å²) >= 11 is 0. The fraction of sp³-hybridized carbons (Fsp3) is 0.500. The molecule has 1 aromatic rings. The van der Waals surface area contributed by atoms with Gasteiger partial charge in [-0.2, -0.15) is 0 Å². The fourth-order valence-corrected chi connectivity index (χ4v) is 2.00. The molecule has 17 heavy (non-hydrogen) atoms. The Kier molecular flexibility index (Phi) is 5.70. The first kappa shape index (κ1) is 13.7. The van der Waals surface area contributed by atoms with Crippen LogP contribution in [0.2, 0.25) is 0 Å². The summed E-state index contributed by atoms with van der Waals surface area (Å²) in [6, 6.07) is 10.7. The quantitative estimate of drug-likeness (QED) is 0.790. The van der Waals surface area contributed by atoms with Gasteiger partial charge in [-0.1, -0.05) is 37.3 Å². The molecule has 3 heteroatoms. The summed E-state index contributed by atoms with van der Waals surface area (Å²) in [4.78, 5) is 12.8. The molecular formula is C14H21NO2. The topological polar surface area (TPSA) is 40.5 Å². The number of rotatable bonds is 7. The third-order valence-corrected chi connectivity index (χ3v) is 3.07. The van der Waals surface area contributed by atoms with E-state index >= 15 is 0 Å². The summed E-state index contributed by atoms with van der Waals surface area (Å²) in [6.45, 7) is 6.05. The molecular weight excluding hydrogens is 214 g/mol. The lowest BCUT2D eigenvalue weighted by molar-refractivity contribution is -0.137. The van der Waals surface area contributed by atoms with E-state index in [-0.39, 0.29) is 6.42 Å². The van der Waals surface area contributed by atoms with Crippen LogP contribution in [0.25, 0.3) is 0 Å². The Morgan fingerprint density at radius 1 is 1.35 bits per heavy atom. The van der Waals surface area contributed by atoms with Crippen molar-refractivity contribution in [1.82, 2.24) is 4.90 Å². The first-order chi connectivity index (χ1) is 8.15. The van der Waals surface area contributed by atoms with Gasteiger partial charge < -0.3 is 5.11 Å². The normalized spacial score (nSPS) is 12.6. The zero-order chi connectivity index (χ0) is 12.7. The molecule has 0 saturated carbocycles. The van der Waals surface area contributed by atoms with E-state index in [1.165, 1.54) is 5.56 Å². The Morgan fingerprint density at radius 2 is 2.00 bits per heavy atom. The van der Waals surface area contributed by atoms with Crippen molar-refractivity contribution in [1.29, 1.82) is 0 Å². The molecule has 1 atom stereocenters. The van der Waals surface area contributed by atoms with Crippen LogP contribution >= 0.6 is 0 Å². The van der Waals surface area contributed by atoms with E-state index in [4.69, 9.17) is 5.11 Å². The minimum Gasteiger partial charge on any atom is -0.481 e. The third-order valence-electron chi connectivity index (χ3n) is 3.07. The smallest absolute Gasteiger partial charge is 0.303 e. The molecule has 0 heterocycles. The Labute approximate surface area is 103 Å². The number of nitrogens with zero attached hydrogens (tertiary/aromatic N) is 1. The van der Waals surface area contributed by atoms with Crippen LogP contribution in [0.5, 0.6) is 0 Å². The first-order valence-corrected chi connectivity index (χ1v) is 6.16. The van der Waals surface area contributed by atoms with Gasteiger partial charge in [-0.25, -0.2) is 0 Å². The molecule has 94 valence electrons. The summed E-state index contributed by atoms with van der Waals surface area (Å²) in [5, 5.41) is 8.64. The van der Waals surface area contributed by atoms with Crippen LogP contribution < -0.4 is 0 Å². The average molecular weight is 235 g/mol. The number of hydrogen-bond acceptors (Lipinski definition) is 2. The summed E-state index contributed by atoms with van der Waals surface area (Å²) < 4.78 is 0. The average Bonchev–Trinajstić information content (AvgIpc) is 2.34. The highest BCUT2D eigenvalue weighted by molar-refractivity contribution is 5.66. The van der Waals surface area contributed by atoms with Crippen molar-refractivity contribution in [3.8, 4) is 0 Å². The molecule has 0 spiro atoms. The number of benzene rings is 1. The van der Waals surface area contributed by atoms with Crippen molar-refractivity contribution in [2.45, 2.75) is 32.7 Å². The zero-order valence-corrected chi connectivity index (χ0v) is 10.6. The molecule has 1 rings (SSSR count). The van der Waals surface area contributed by atoms with Crippen LogP contribution in [-0.2, 0) is 4.79 Å². The van der Waals surface area contributed by atoms with Crippen LogP contribution in [-0.4, -0.2) is 29.1 Å². The van der Waals surface area contributed by atoms with Gasteiger partial charge in [0.05, 0.1) is 0 Å². The van der Waals surface area contributed by atoms with Gasteiger partial charge in [-0.15, -0.1) is 0 Å². The largest absolute Gasteiger partial charge is 0.481 e. The predicted molar refractivity (Wildman–Crippen MR) is 69.0 cm³/mol. The molecule has 1 aromatic carbocycles. The molecule has 0 saturated heterocycles. The fourth-order valence-electron chi connectivity index (χ4n) is 2.00. The molecule has 0 bridgehead atoms. The number of aliphatic carboxylic acids is 1. The molecule has 0 aromatic heterocycles. The summed E-state index contributed by atoms with van der Waals surface area (Å²) in [7, 11) is 0. The van der Waals surface area contributed by atoms with Crippen LogP contribution in [0, 0.1) is 0 Å². The molecule has 0 amide bonds. The Balaban J connectivity index is 2.52. The molecule has 0 unspecified atom stereocenters. The Morgan fingerprint density at radius 3 is 2.53 bits per heavy atom. The van der Waals surface area contributed by atoms with Crippen molar-refractivity contribution in [3.63, 3.8) is 0 Å². The lowest BCUT2D eigenvalue weighted by Gasteiger charge is -2.28. The third kappa shape index (κ3) is 4.57. The molecule has 0 radical (unpaired) electrons. The van der Waals surface area contributed by atoms with Crippen LogP contribution in [0.1, 0.15) is 38.3 Å². The molecule has 0 aliphatic heterocycles. The first-order valence-electron chi connectivity index (χ1n) is 6.16. The van der Waals surface area contributed by atoms with Gasteiger partial charge in [-0.05, 0) is 32.0 Å². The van der Waals surface area contributed by atoms with Crippen LogP contribution in [0.15, 0.2) is 30.3 Å². The van der Waals surface area contributed by atoms with Crippen molar-refractivity contribution >= 4 is 5.97 Å². The molecule has 0 aliphatic carbocycles. The van der Waals surface area contributed by atoms with Gasteiger partial charge in [-0.3, -0.25) is 9.69 Å². The van der Waals surface area contributed by atoms with Crippen LogP contribution in [0.3, 0.4) is 0 Å². The molecule has 0 fully saturated rings.